The van der Waals surface area contributed by atoms with Gasteiger partial charge in [0.25, 0.3) is 0 Å². The fourth-order valence-electron chi connectivity index (χ4n) is 2.02. The second kappa shape index (κ2) is 5.39. The second-order valence-corrected chi connectivity index (χ2v) is 5.32. The summed E-state index contributed by atoms with van der Waals surface area (Å²) in [6, 6.07) is 9.73. The number of nitrogens with zero attached hydrogens (tertiary/aromatic N) is 1. The van der Waals surface area contributed by atoms with Gasteiger partial charge in [0.1, 0.15) is 11.6 Å². The summed E-state index contributed by atoms with van der Waals surface area (Å²) in [4.78, 5) is 4.28. The highest BCUT2D eigenvalue weighted by atomic mass is 35.5. The molecule has 0 radical (unpaired) electrons. The number of rotatable bonds is 2. The van der Waals surface area contributed by atoms with E-state index in [0.717, 1.165) is 10.8 Å². The number of pyridine rings is 1. The molecule has 0 fully saturated rings. The molecule has 3 N–H and O–H groups in total. The van der Waals surface area contributed by atoms with Crippen LogP contribution in [0, 0.1) is 5.82 Å². The van der Waals surface area contributed by atoms with Crippen LogP contribution >= 0.6 is 23.2 Å². The maximum Gasteiger partial charge on any atom is 0.141 e. The molecule has 3 nitrogen and oxygen atoms in total. The van der Waals surface area contributed by atoms with Crippen molar-refractivity contribution in [2.24, 2.45) is 0 Å². The van der Waals surface area contributed by atoms with Crippen LogP contribution in [0.2, 0.25) is 10.0 Å². The van der Waals surface area contributed by atoms with Crippen LogP contribution in [0.5, 0.6) is 0 Å². The van der Waals surface area contributed by atoms with Crippen LogP contribution in [0.15, 0.2) is 42.6 Å². The topological polar surface area (TPSA) is 50.9 Å². The molecule has 106 valence electrons. The molecular formula is C15H10Cl2FN3. The van der Waals surface area contributed by atoms with Gasteiger partial charge < -0.3 is 11.1 Å². The zero-order valence-electron chi connectivity index (χ0n) is 10.7. The molecule has 0 saturated carbocycles. The van der Waals surface area contributed by atoms with Gasteiger partial charge in [-0.25, -0.2) is 9.37 Å². The van der Waals surface area contributed by atoms with Crippen molar-refractivity contribution >= 4 is 51.2 Å². The number of nitrogen functional groups attached to an aromatic ring is 1. The van der Waals surface area contributed by atoms with Crippen LogP contribution in [0.25, 0.3) is 10.8 Å². The van der Waals surface area contributed by atoms with Crippen molar-refractivity contribution in [2.75, 3.05) is 11.1 Å². The summed E-state index contributed by atoms with van der Waals surface area (Å²) in [5.41, 5.74) is 6.94. The fourth-order valence-corrected chi connectivity index (χ4v) is 2.37. The summed E-state index contributed by atoms with van der Waals surface area (Å²) in [7, 11) is 0. The number of nitrogens with two attached hydrogens (primary N) is 1. The highest BCUT2D eigenvalue weighted by Gasteiger charge is 2.07. The fraction of sp³-hybridized carbons (Fsp3) is 0. The summed E-state index contributed by atoms with van der Waals surface area (Å²) in [5.74, 6) is 0.127. The van der Waals surface area contributed by atoms with Crippen molar-refractivity contribution in [3.63, 3.8) is 0 Å². The van der Waals surface area contributed by atoms with E-state index < -0.39 is 5.82 Å². The molecule has 6 heteroatoms. The van der Waals surface area contributed by atoms with Crippen LogP contribution < -0.4 is 11.1 Å². The van der Waals surface area contributed by atoms with Gasteiger partial charge in [-0.1, -0.05) is 23.2 Å². The Morgan fingerprint density at radius 2 is 1.86 bits per heavy atom. The van der Waals surface area contributed by atoms with E-state index in [0.29, 0.717) is 22.2 Å². The average Bonchev–Trinajstić information content (AvgIpc) is 2.45. The molecule has 0 unspecified atom stereocenters. The van der Waals surface area contributed by atoms with Gasteiger partial charge in [0.15, 0.2) is 0 Å². The van der Waals surface area contributed by atoms with E-state index in [1.165, 1.54) is 12.1 Å². The van der Waals surface area contributed by atoms with Crippen LogP contribution in [-0.4, -0.2) is 4.98 Å². The Balaban J connectivity index is 2.07. The SMILES string of the molecule is Nc1cc2c(Nc3ccc(F)c(Cl)c3)nccc2cc1Cl. The average molecular weight is 322 g/mol. The van der Waals surface area contributed by atoms with E-state index in [1.807, 2.05) is 6.07 Å². The van der Waals surface area contributed by atoms with Crippen molar-refractivity contribution < 1.29 is 4.39 Å². The number of anilines is 3. The lowest BCUT2D eigenvalue weighted by Crippen LogP contribution is -1.96. The molecule has 2 aromatic carbocycles. The van der Waals surface area contributed by atoms with Crippen molar-refractivity contribution in [3.05, 3.63) is 58.5 Å². The van der Waals surface area contributed by atoms with Crippen LogP contribution in [0.1, 0.15) is 0 Å². The van der Waals surface area contributed by atoms with Gasteiger partial charge in [0.05, 0.1) is 15.7 Å². The third kappa shape index (κ3) is 2.73. The standard InChI is InChI=1S/C15H10Cl2FN3/c16-11-6-9(1-2-13(11)18)21-15-10-7-14(19)12(17)5-8(10)3-4-20-15/h1-7H,19H2,(H,20,21). The molecular weight excluding hydrogens is 312 g/mol. The van der Waals surface area contributed by atoms with Gasteiger partial charge >= 0.3 is 0 Å². The predicted octanol–water partition coefficient (Wildman–Crippen LogP) is 5.01. The van der Waals surface area contributed by atoms with E-state index >= 15 is 0 Å². The van der Waals surface area contributed by atoms with Gasteiger partial charge in [0, 0.05) is 17.3 Å². The van der Waals surface area contributed by atoms with Gasteiger partial charge in [-0.15, -0.1) is 0 Å². The Kier molecular flexibility index (Phi) is 3.57. The number of hydrogen-bond donors (Lipinski definition) is 2. The molecule has 0 amide bonds. The number of nitrogens with one attached hydrogen (secondary N) is 1. The Morgan fingerprint density at radius 1 is 1.05 bits per heavy atom. The van der Waals surface area contributed by atoms with Crippen LogP contribution in [0.4, 0.5) is 21.6 Å². The third-order valence-electron chi connectivity index (χ3n) is 3.06. The molecule has 1 aromatic heterocycles. The molecule has 0 atom stereocenters. The summed E-state index contributed by atoms with van der Waals surface area (Å²) in [6.07, 6.45) is 1.66. The van der Waals surface area contributed by atoms with Gasteiger partial charge in [0.2, 0.25) is 0 Å². The maximum atomic E-state index is 13.2. The largest absolute Gasteiger partial charge is 0.398 e. The minimum absolute atomic E-state index is 0.0443. The first kappa shape index (κ1) is 13.9. The van der Waals surface area contributed by atoms with Crippen molar-refractivity contribution in [1.29, 1.82) is 0 Å². The van der Waals surface area contributed by atoms with Crippen molar-refractivity contribution in [2.45, 2.75) is 0 Å². The Labute approximate surface area is 130 Å². The first-order valence-electron chi connectivity index (χ1n) is 6.10. The third-order valence-corrected chi connectivity index (χ3v) is 3.68. The molecule has 0 aliphatic rings. The molecule has 0 bridgehead atoms. The molecule has 0 saturated heterocycles. The number of aromatic nitrogens is 1. The number of hydrogen-bond acceptors (Lipinski definition) is 3. The maximum absolute atomic E-state index is 13.2. The summed E-state index contributed by atoms with van der Waals surface area (Å²) in [6.45, 7) is 0. The van der Waals surface area contributed by atoms with Crippen molar-refractivity contribution in [3.8, 4) is 0 Å². The highest BCUT2D eigenvalue weighted by Crippen LogP contribution is 2.31. The van der Waals surface area contributed by atoms with Crippen LogP contribution in [-0.2, 0) is 0 Å². The smallest absolute Gasteiger partial charge is 0.141 e. The van der Waals surface area contributed by atoms with Gasteiger partial charge in [-0.2, -0.15) is 0 Å². The monoisotopic (exact) mass is 321 g/mol. The quantitative estimate of drug-likeness (QED) is 0.652. The van der Waals surface area contributed by atoms with E-state index in [1.54, 1.807) is 24.4 Å². The first-order chi connectivity index (χ1) is 10.0. The number of benzene rings is 2. The van der Waals surface area contributed by atoms with Crippen LogP contribution in [0.3, 0.4) is 0 Å². The van der Waals surface area contributed by atoms with Gasteiger partial charge in [-0.3, -0.25) is 0 Å². The molecule has 0 spiro atoms. The summed E-state index contributed by atoms with van der Waals surface area (Å²) >= 11 is 11.8. The van der Waals surface area contributed by atoms with E-state index in [2.05, 4.69) is 10.3 Å². The van der Waals surface area contributed by atoms with Crippen molar-refractivity contribution in [1.82, 2.24) is 4.98 Å². The summed E-state index contributed by atoms with van der Waals surface area (Å²) < 4.78 is 13.2. The van der Waals surface area contributed by atoms with E-state index in [9.17, 15) is 4.39 Å². The Hall–Kier alpha value is -2.04. The molecule has 0 aliphatic carbocycles. The zero-order valence-corrected chi connectivity index (χ0v) is 12.2. The molecule has 3 rings (SSSR count). The second-order valence-electron chi connectivity index (χ2n) is 4.51. The Bertz CT molecular complexity index is 837. The normalized spacial score (nSPS) is 10.8. The summed E-state index contributed by atoms with van der Waals surface area (Å²) in [5, 5.41) is 5.36. The first-order valence-corrected chi connectivity index (χ1v) is 6.86. The molecule has 1 heterocycles. The molecule has 21 heavy (non-hydrogen) atoms. The highest BCUT2D eigenvalue weighted by molar-refractivity contribution is 6.34. The lowest BCUT2D eigenvalue weighted by Gasteiger charge is -2.10. The minimum Gasteiger partial charge on any atom is -0.398 e. The Morgan fingerprint density at radius 3 is 2.62 bits per heavy atom. The van der Waals surface area contributed by atoms with Gasteiger partial charge in [-0.05, 0) is 41.8 Å². The molecule has 0 aliphatic heterocycles. The lowest BCUT2D eigenvalue weighted by atomic mass is 10.1. The van der Waals surface area contributed by atoms with E-state index in [4.69, 9.17) is 28.9 Å². The zero-order chi connectivity index (χ0) is 15.0. The lowest BCUT2D eigenvalue weighted by molar-refractivity contribution is 0.628. The number of halogens is 3. The molecule has 3 aromatic rings. The predicted molar refractivity (Wildman–Crippen MR) is 85.9 cm³/mol. The van der Waals surface area contributed by atoms with E-state index in [-0.39, 0.29) is 5.02 Å². The minimum atomic E-state index is -0.468. The number of fused-ring (bicyclic) bond motifs is 1.